The van der Waals surface area contributed by atoms with E-state index in [-0.39, 0.29) is 11.9 Å². The smallest absolute Gasteiger partial charge is 0.263 e. The van der Waals surface area contributed by atoms with Gasteiger partial charge in [0, 0.05) is 31.4 Å². The fourth-order valence-electron chi connectivity index (χ4n) is 1.92. The molecule has 2 aromatic heterocycles. The highest BCUT2D eigenvalue weighted by Gasteiger charge is 2.19. The van der Waals surface area contributed by atoms with Gasteiger partial charge in [-0.1, -0.05) is 12.1 Å². The second-order valence-electron chi connectivity index (χ2n) is 4.71. The SMILES string of the molecule is Cc1cccnc1C[C@@H](C)N(C)C(=O)c1cccs1. The van der Waals surface area contributed by atoms with Gasteiger partial charge < -0.3 is 4.90 Å². The van der Waals surface area contributed by atoms with Gasteiger partial charge in [-0.05, 0) is 36.9 Å². The third-order valence-corrected chi connectivity index (χ3v) is 4.18. The average molecular weight is 274 g/mol. The molecule has 0 radical (unpaired) electrons. The van der Waals surface area contributed by atoms with Crippen LogP contribution in [-0.2, 0) is 6.42 Å². The van der Waals surface area contributed by atoms with Gasteiger partial charge >= 0.3 is 0 Å². The fourth-order valence-corrected chi connectivity index (χ4v) is 2.63. The molecule has 2 aromatic rings. The Labute approximate surface area is 117 Å². The minimum Gasteiger partial charge on any atom is -0.338 e. The summed E-state index contributed by atoms with van der Waals surface area (Å²) in [5, 5.41) is 1.93. The van der Waals surface area contributed by atoms with E-state index >= 15 is 0 Å². The molecule has 0 saturated heterocycles. The van der Waals surface area contributed by atoms with Gasteiger partial charge in [0.1, 0.15) is 0 Å². The van der Waals surface area contributed by atoms with Gasteiger partial charge in [0.25, 0.3) is 5.91 Å². The number of nitrogens with zero attached hydrogens (tertiary/aromatic N) is 2. The second-order valence-corrected chi connectivity index (χ2v) is 5.66. The summed E-state index contributed by atoms with van der Waals surface area (Å²) in [5.74, 6) is 0.0797. The zero-order chi connectivity index (χ0) is 13.8. The Bertz CT molecular complexity index is 551. The lowest BCUT2D eigenvalue weighted by atomic mass is 10.1. The van der Waals surface area contributed by atoms with Crippen LogP contribution in [0.1, 0.15) is 27.9 Å². The first-order valence-corrected chi connectivity index (χ1v) is 7.18. The standard InChI is InChI=1S/C15H18N2OS/c1-11-6-4-8-16-13(11)10-12(2)17(3)15(18)14-7-5-9-19-14/h4-9,12H,10H2,1-3H3/t12-/m1/s1. The lowest BCUT2D eigenvalue weighted by molar-refractivity contribution is 0.0747. The highest BCUT2D eigenvalue weighted by molar-refractivity contribution is 7.12. The lowest BCUT2D eigenvalue weighted by Gasteiger charge is -2.24. The van der Waals surface area contributed by atoms with Gasteiger partial charge in [-0.2, -0.15) is 0 Å². The van der Waals surface area contributed by atoms with Crippen molar-refractivity contribution in [3.63, 3.8) is 0 Å². The number of amides is 1. The molecule has 0 aliphatic heterocycles. The van der Waals surface area contributed by atoms with Crippen molar-refractivity contribution in [3.8, 4) is 0 Å². The molecule has 100 valence electrons. The largest absolute Gasteiger partial charge is 0.338 e. The van der Waals surface area contributed by atoms with Crippen molar-refractivity contribution in [1.82, 2.24) is 9.88 Å². The molecule has 3 nitrogen and oxygen atoms in total. The monoisotopic (exact) mass is 274 g/mol. The molecule has 0 fully saturated rings. The van der Waals surface area contributed by atoms with Crippen LogP contribution < -0.4 is 0 Å². The van der Waals surface area contributed by atoms with Crippen molar-refractivity contribution in [1.29, 1.82) is 0 Å². The third kappa shape index (κ3) is 3.20. The van der Waals surface area contributed by atoms with E-state index in [4.69, 9.17) is 0 Å². The van der Waals surface area contributed by atoms with Gasteiger partial charge in [-0.3, -0.25) is 9.78 Å². The average Bonchev–Trinajstić information content (AvgIpc) is 2.93. The Kier molecular flexibility index (Phi) is 4.32. The number of rotatable bonds is 4. The van der Waals surface area contributed by atoms with Crippen LogP contribution in [-0.4, -0.2) is 28.9 Å². The number of aromatic nitrogens is 1. The molecular formula is C15H18N2OS. The normalized spacial score (nSPS) is 12.2. The van der Waals surface area contributed by atoms with E-state index in [2.05, 4.69) is 24.9 Å². The molecule has 0 aliphatic carbocycles. The summed E-state index contributed by atoms with van der Waals surface area (Å²) in [6.07, 6.45) is 2.58. The number of carbonyl (C=O) groups is 1. The van der Waals surface area contributed by atoms with Crippen LogP contribution in [0.4, 0.5) is 0 Å². The summed E-state index contributed by atoms with van der Waals surface area (Å²) in [4.78, 5) is 19.2. The highest BCUT2D eigenvalue weighted by Crippen LogP contribution is 2.15. The Morgan fingerprint density at radius 3 is 2.84 bits per heavy atom. The summed E-state index contributed by atoms with van der Waals surface area (Å²) >= 11 is 1.48. The van der Waals surface area contributed by atoms with Crippen LogP contribution in [0.2, 0.25) is 0 Å². The molecule has 0 aliphatic rings. The van der Waals surface area contributed by atoms with Crippen LogP contribution >= 0.6 is 11.3 Å². The second kappa shape index (κ2) is 5.97. The van der Waals surface area contributed by atoms with Crippen LogP contribution in [0.3, 0.4) is 0 Å². The number of carbonyl (C=O) groups excluding carboxylic acids is 1. The van der Waals surface area contributed by atoms with E-state index < -0.39 is 0 Å². The maximum absolute atomic E-state index is 12.2. The molecule has 0 spiro atoms. The van der Waals surface area contributed by atoms with Crippen LogP contribution in [0.15, 0.2) is 35.8 Å². The fraction of sp³-hybridized carbons (Fsp3) is 0.333. The Morgan fingerprint density at radius 1 is 1.42 bits per heavy atom. The molecular weight excluding hydrogens is 256 g/mol. The Hall–Kier alpha value is -1.68. The molecule has 0 saturated carbocycles. The van der Waals surface area contributed by atoms with Crippen LogP contribution in [0.25, 0.3) is 0 Å². The molecule has 0 N–H and O–H groups in total. The van der Waals surface area contributed by atoms with Crippen LogP contribution in [0, 0.1) is 6.92 Å². The molecule has 2 rings (SSSR count). The van der Waals surface area contributed by atoms with Gasteiger partial charge in [0.15, 0.2) is 0 Å². The van der Waals surface area contributed by atoms with E-state index in [0.29, 0.717) is 0 Å². The summed E-state index contributed by atoms with van der Waals surface area (Å²) < 4.78 is 0. The number of aryl methyl sites for hydroxylation is 1. The molecule has 0 aromatic carbocycles. The topological polar surface area (TPSA) is 33.2 Å². The van der Waals surface area contributed by atoms with E-state index in [1.165, 1.54) is 16.9 Å². The maximum atomic E-state index is 12.2. The number of hydrogen-bond donors (Lipinski definition) is 0. The van der Waals surface area contributed by atoms with Crippen molar-refractivity contribution < 1.29 is 4.79 Å². The molecule has 2 heterocycles. The number of pyridine rings is 1. The van der Waals surface area contributed by atoms with Gasteiger partial charge in [0.2, 0.25) is 0 Å². The van der Waals surface area contributed by atoms with E-state index in [9.17, 15) is 4.79 Å². The van der Waals surface area contributed by atoms with Crippen molar-refractivity contribution in [2.24, 2.45) is 0 Å². The first-order chi connectivity index (χ1) is 9.09. The molecule has 1 amide bonds. The minimum atomic E-state index is 0.0797. The summed E-state index contributed by atoms with van der Waals surface area (Å²) in [5.41, 5.74) is 2.23. The quantitative estimate of drug-likeness (QED) is 0.858. The predicted octanol–water partition coefficient (Wildman–Crippen LogP) is 3.15. The van der Waals surface area contributed by atoms with Gasteiger partial charge in [0.05, 0.1) is 4.88 Å². The van der Waals surface area contributed by atoms with E-state index in [1.807, 2.05) is 30.6 Å². The molecule has 4 heteroatoms. The highest BCUT2D eigenvalue weighted by atomic mass is 32.1. The maximum Gasteiger partial charge on any atom is 0.263 e. The van der Waals surface area contributed by atoms with E-state index in [0.717, 1.165) is 17.0 Å². The van der Waals surface area contributed by atoms with Crippen molar-refractivity contribution >= 4 is 17.2 Å². The van der Waals surface area contributed by atoms with Gasteiger partial charge in [-0.15, -0.1) is 11.3 Å². The van der Waals surface area contributed by atoms with Crippen molar-refractivity contribution in [2.45, 2.75) is 26.3 Å². The first kappa shape index (κ1) is 13.7. The van der Waals surface area contributed by atoms with Gasteiger partial charge in [-0.25, -0.2) is 0 Å². The van der Waals surface area contributed by atoms with E-state index in [1.54, 1.807) is 11.1 Å². The summed E-state index contributed by atoms with van der Waals surface area (Å²) in [6, 6.07) is 7.88. The Balaban J connectivity index is 2.06. The summed E-state index contributed by atoms with van der Waals surface area (Å²) in [6.45, 7) is 4.11. The first-order valence-electron chi connectivity index (χ1n) is 6.30. The molecule has 19 heavy (non-hydrogen) atoms. The summed E-state index contributed by atoms with van der Waals surface area (Å²) in [7, 11) is 1.85. The molecule has 1 atom stereocenters. The number of thiophene rings is 1. The molecule has 0 bridgehead atoms. The lowest BCUT2D eigenvalue weighted by Crippen LogP contribution is -2.36. The minimum absolute atomic E-state index is 0.0797. The zero-order valence-electron chi connectivity index (χ0n) is 11.5. The Morgan fingerprint density at radius 2 is 2.21 bits per heavy atom. The van der Waals surface area contributed by atoms with Crippen LogP contribution in [0.5, 0.6) is 0 Å². The van der Waals surface area contributed by atoms with Crippen molar-refractivity contribution in [3.05, 3.63) is 52.0 Å². The number of likely N-dealkylation sites (N-methyl/N-ethyl adjacent to an activating group) is 1. The molecule has 0 unspecified atom stereocenters. The van der Waals surface area contributed by atoms with Crippen molar-refractivity contribution in [2.75, 3.05) is 7.05 Å². The predicted molar refractivity (Wildman–Crippen MR) is 78.6 cm³/mol. The number of hydrogen-bond acceptors (Lipinski definition) is 3. The zero-order valence-corrected chi connectivity index (χ0v) is 12.3. The third-order valence-electron chi connectivity index (χ3n) is 3.32.